The number of para-hydroxylation sites is 1. The minimum Gasteiger partial charge on any atom is -0.506 e. The molecule has 0 spiro atoms. The molecule has 0 aliphatic carbocycles. The van der Waals surface area contributed by atoms with Gasteiger partial charge >= 0.3 is 0 Å². The third-order valence-electron chi connectivity index (χ3n) is 6.24. The van der Waals surface area contributed by atoms with Gasteiger partial charge in [0.15, 0.2) is 0 Å². The van der Waals surface area contributed by atoms with Gasteiger partial charge < -0.3 is 20.1 Å². The summed E-state index contributed by atoms with van der Waals surface area (Å²) in [6, 6.07) is 20.0. The number of H-pyrrole nitrogens is 1. The molecule has 1 aromatic heterocycles. The lowest BCUT2D eigenvalue weighted by Gasteiger charge is -2.20. The molecular formula is C29H29N5O4. The number of aryl methyl sites for hydroxylation is 2. The summed E-state index contributed by atoms with van der Waals surface area (Å²) in [5.74, 6) is -0.375. The third-order valence-corrected chi connectivity index (χ3v) is 6.24. The number of carbonyl (C=O) groups is 2. The van der Waals surface area contributed by atoms with Crippen LogP contribution in [0.1, 0.15) is 28.4 Å². The number of benzene rings is 4. The summed E-state index contributed by atoms with van der Waals surface area (Å²) in [6.45, 7) is 5.38. The molecule has 0 unspecified atom stereocenters. The Kier molecular flexibility index (Phi) is 7.57. The molecule has 1 heterocycles. The molecule has 3 N–H and O–H groups in total. The Balaban J connectivity index is 0.000000278. The van der Waals surface area contributed by atoms with Crippen LogP contribution in [-0.4, -0.2) is 46.5 Å². The normalized spacial score (nSPS) is 10.6. The summed E-state index contributed by atoms with van der Waals surface area (Å²) < 4.78 is 5.49. The van der Waals surface area contributed by atoms with Gasteiger partial charge in [-0.25, -0.2) is 0 Å². The fourth-order valence-electron chi connectivity index (χ4n) is 4.05. The van der Waals surface area contributed by atoms with Crippen LogP contribution in [0.2, 0.25) is 0 Å². The van der Waals surface area contributed by atoms with Gasteiger partial charge in [0.05, 0.1) is 23.7 Å². The summed E-state index contributed by atoms with van der Waals surface area (Å²) in [7, 11) is 3.13. The van der Waals surface area contributed by atoms with Gasteiger partial charge in [-0.05, 0) is 55.3 Å². The van der Waals surface area contributed by atoms with Crippen LogP contribution in [0, 0.1) is 13.8 Å². The maximum Gasteiger partial charge on any atom is 0.259 e. The Bertz CT molecular complexity index is 1640. The molecule has 4 aromatic carbocycles. The predicted octanol–water partition coefficient (Wildman–Crippen LogP) is 5.36. The minimum atomic E-state index is -0.447. The van der Waals surface area contributed by atoms with Crippen LogP contribution in [-0.2, 0) is 4.79 Å². The highest BCUT2D eigenvalue weighted by Crippen LogP contribution is 2.41. The van der Waals surface area contributed by atoms with Crippen LogP contribution in [0.25, 0.3) is 21.8 Å². The molecule has 9 nitrogen and oxygen atoms in total. The topological polar surface area (TPSA) is 120 Å². The van der Waals surface area contributed by atoms with Crippen LogP contribution in [0.5, 0.6) is 11.5 Å². The van der Waals surface area contributed by atoms with Crippen molar-refractivity contribution in [2.75, 3.05) is 24.4 Å². The van der Waals surface area contributed by atoms with E-state index in [9.17, 15) is 14.7 Å². The number of aromatic hydroxyl groups is 1. The molecule has 0 bridgehead atoms. The van der Waals surface area contributed by atoms with Gasteiger partial charge in [0.2, 0.25) is 5.91 Å². The maximum absolute atomic E-state index is 12.8. The summed E-state index contributed by atoms with van der Waals surface area (Å²) in [5, 5.41) is 25.1. The van der Waals surface area contributed by atoms with Crippen molar-refractivity contribution in [1.29, 1.82) is 0 Å². The average Bonchev–Trinajstić information content (AvgIpc) is 3.37. The zero-order valence-electron chi connectivity index (χ0n) is 21.9. The smallest absolute Gasteiger partial charge is 0.259 e. The number of methoxy groups -OCH3 is 1. The van der Waals surface area contributed by atoms with E-state index in [1.54, 1.807) is 31.3 Å². The number of phenols is 1. The first-order valence-corrected chi connectivity index (χ1v) is 11.9. The number of aromatic nitrogens is 3. The standard InChI is InChI=1S/C22H22N2O4.C7H7N3/c1-13-8-5-6-10-17(13)23-22(27)16-12-19(28-4)20-15(21(16)26)9-7-11-18(20)24(3)14(2)25;1-5-2-3-6-7(4-5)9-10-8-6/h5-12,26H,1-4H3,(H,23,27);2-4H,1H3,(H,8,9,10). The highest BCUT2D eigenvalue weighted by molar-refractivity contribution is 6.14. The zero-order valence-corrected chi connectivity index (χ0v) is 21.9. The van der Waals surface area contributed by atoms with Crippen molar-refractivity contribution in [1.82, 2.24) is 15.4 Å². The Labute approximate surface area is 220 Å². The van der Waals surface area contributed by atoms with Crippen molar-refractivity contribution in [2.24, 2.45) is 0 Å². The Morgan fingerprint density at radius 2 is 1.71 bits per heavy atom. The SMILES string of the molecule is COc1cc(C(=O)Nc2ccccc2C)c(O)c2cccc(N(C)C(C)=O)c12.Cc1ccc2n[nH]nc2c1. The van der Waals surface area contributed by atoms with E-state index in [0.29, 0.717) is 27.9 Å². The van der Waals surface area contributed by atoms with E-state index in [-0.39, 0.29) is 17.2 Å². The lowest BCUT2D eigenvalue weighted by Crippen LogP contribution is -2.23. The fraction of sp³-hybridized carbons (Fsp3) is 0.172. The molecule has 0 aliphatic heterocycles. The Morgan fingerprint density at radius 3 is 2.42 bits per heavy atom. The molecule has 9 heteroatoms. The molecule has 5 aromatic rings. The molecule has 0 radical (unpaired) electrons. The number of nitrogens with zero attached hydrogens (tertiary/aromatic N) is 3. The van der Waals surface area contributed by atoms with Crippen LogP contribution in [0.15, 0.2) is 66.7 Å². The predicted molar refractivity (Wildman–Crippen MR) is 149 cm³/mol. The van der Waals surface area contributed by atoms with Crippen molar-refractivity contribution in [2.45, 2.75) is 20.8 Å². The van der Waals surface area contributed by atoms with E-state index >= 15 is 0 Å². The van der Waals surface area contributed by atoms with E-state index in [2.05, 4.69) is 20.7 Å². The average molecular weight is 512 g/mol. The van der Waals surface area contributed by atoms with Crippen molar-refractivity contribution in [3.8, 4) is 11.5 Å². The first kappa shape index (κ1) is 26.2. The molecule has 194 valence electrons. The van der Waals surface area contributed by atoms with Gasteiger partial charge in [-0.1, -0.05) is 36.4 Å². The van der Waals surface area contributed by atoms with Crippen molar-refractivity contribution < 1.29 is 19.4 Å². The minimum absolute atomic E-state index is 0.0928. The monoisotopic (exact) mass is 511 g/mol. The van der Waals surface area contributed by atoms with Crippen LogP contribution < -0.4 is 15.0 Å². The molecular weight excluding hydrogens is 482 g/mol. The van der Waals surface area contributed by atoms with Gasteiger partial charge in [0.1, 0.15) is 22.5 Å². The largest absolute Gasteiger partial charge is 0.506 e. The molecule has 2 amide bonds. The van der Waals surface area contributed by atoms with E-state index in [0.717, 1.165) is 16.6 Å². The molecule has 0 fully saturated rings. The number of amides is 2. The summed E-state index contributed by atoms with van der Waals surface area (Å²) in [4.78, 5) is 26.1. The second-order valence-corrected chi connectivity index (χ2v) is 8.84. The van der Waals surface area contributed by atoms with E-state index < -0.39 is 5.91 Å². The number of hydrogen-bond donors (Lipinski definition) is 3. The van der Waals surface area contributed by atoms with Crippen molar-refractivity contribution in [3.05, 3.63) is 83.4 Å². The van der Waals surface area contributed by atoms with Gasteiger partial charge in [-0.3, -0.25) is 9.59 Å². The summed E-state index contributed by atoms with van der Waals surface area (Å²) in [6.07, 6.45) is 0. The number of phenolic OH excluding ortho intramolecular Hbond substituents is 1. The fourth-order valence-corrected chi connectivity index (χ4v) is 4.05. The first-order chi connectivity index (χ1) is 18.2. The number of carbonyl (C=O) groups excluding carboxylic acids is 2. The summed E-state index contributed by atoms with van der Waals surface area (Å²) >= 11 is 0. The number of rotatable bonds is 4. The van der Waals surface area contributed by atoms with Crippen molar-refractivity contribution in [3.63, 3.8) is 0 Å². The molecule has 0 saturated heterocycles. The third kappa shape index (κ3) is 5.27. The van der Waals surface area contributed by atoms with Crippen LogP contribution in [0.3, 0.4) is 0 Å². The van der Waals surface area contributed by atoms with Crippen LogP contribution >= 0.6 is 0 Å². The number of fused-ring (bicyclic) bond motifs is 2. The number of aromatic amines is 1. The first-order valence-electron chi connectivity index (χ1n) is 11.9. The number of hydrogen-bond acceptors (Lipinski definition) is 6. The van der Waals surface area contributed by atoms with E-state index in [1.165, 1.54) is 30.6 Å². The Hall–Kier alpha value is -4.92. The number of nitrogens with one attached hydrogen (secondary N) is 2. The highest BCUT2D eigenvalue weighted by atomic mass is 16.5. The maximum atomic E-state index is 12.8. The lowest BCUT2D eigenvalue weighted by molar-refractivity contribution is -0.116. The second kappa shape index (κ2) is 11.0. The van der Waals surface area contributed by atoms with Gasteiger partial charge in [0.25, 0.3) is 5.91 Å². The number of ether oxygens (including phenoxy) is 1. The van der Waals surface area contributed by atoms with Gasteiger partial charge in [0, 0.05) is 25.0 Å². The van der Waals surface area contributed by atoms with Gasteiger partial charge in [-0.15, -0.1) is 0 Å². The Morgan fingerprint density at radius 1 is 0.974 bits per heavy atom. The van der Waals surface area contributed by atoms with E-state index in [1.807, 2.05) is 50.2 Å². The van der Waals surface area contributed by atoms with Crippen LogP contribution in [0.4, 0.5) is 11.4 Å². The van der Waals surface area contributed by atoms with Gasteiger partial charge in [-0.2, -0.15) is 15.4 Å². The molecule has 5 rings (SSSR count). The van der Waals surface area contributed by atoms with Crippen molar-refractivity contribution >= 4 is 45.0 Å². The molecule has 0 saturated carbocycles. The van der Waals surface area contributed by atoms with E-state index in [4.69, 9.17) is 4.74 Å². The molecule has 0 atom stereocenters. The lowest BCUT2D eigenvalue weighted by atomic mass is 10.0. The number of anilines is 2. The summed E-state index contributed by atoms with van der Waals surface area (Å²) in [5.41, 5.74) is 5.31. The highest BCUT2D eigenvalue weighted by Gasteiger charge is 2.22. The second-order valence-electron chi connectivity index (χ2n) is 8.84. The zero-order chi connectivity index (χ0) is 27.4. The quantitative estimate of drug-likeness (QED) is 0.299. The molecule has 38 heavy (non-hydrogen) atoms. The molecule has 0 aliphatic rings.